The van der Waals surface area contributed by atoms with E-state index in [4.69, 9.17) is 14.6 Å². The van der Waals surface area contributed by atoms with Crippen molar-refractivity contribution in [3.05, 3.63) is 94.8 Å². The van der Waals surface area contributed by atoms with E-state index in [2.05, 4.69) is 43.0 Å². The third-order valence-corrected chi connectivity index (χ3v) is 10.9. The van der Waals surface area contributed by atoms with Crippen molar-refractivity contribution < 1.29 is 47.3 Å². The fraction of sp³-hybridized carbons (Fsp3) is 0.435. The Labute approximate surface area is 348 Å². The summed E-state index contributed by atoms with van der Waals surface area (Å²) in [7, 11) is -3.56. The third-order valence-electron chi connectivity index (χ3n) is 10.0. The predicted octanol–water partition coefficient (Wildman–Crippen LogP) is 7.05. The molecule has 0 spiro atoms. The maximum absolute atomic E-state index is 12.3. The molecule has 5 rings (SSSR count). The Morgan fingerprint density at radius 2 is 1.41 bits per heavy atom. The number of methoxy groups -OCH3 is 1. The van der Waals surface area contributed by atoms with Crippen LogP contribution in [0.3, 0.4) is 0 Å². The van der Waals surface area contributed by atoms with Gasteiger partial charge in [-0.2, -0.15) is 0 Å². The van der Waals surface area contributed by atoms with E-state index in [1.54, 1.807) is 18.2 Å². The lowest BCUT2D eigenvalue weighted by Crippen LogP contribution is -2.36. The second-order valence-electron chi connectivity index (χ2n) is 14.9. The number of aryl methyl sites for hydroxylation is 3. The molecule has 0 bridgehead atoms. The molecular weight excluding hydrogens is 773 g/mol. The summed E-state index contributed by atoms with van der Waals surface area (Å²) in [6, 6.07) is 21.4. The highest BCUT2D eigenvalue weighted by molar-refractivity contribution is 7.85. The third kappa shape index (κ3) is 13.2. The van der Waals surface area contributed by atoms with E-state index < -0.39 is 34.7 Å². The quantitative estimate of drug-likeness (QED) is 0.0225. The van der Waals surface area contributed by atoms with Crippen molar-refractivity contribution >= 4 is 38.4 Å². The first-order valence-electron chi connectivity index (χ1n) is 20.1. The number of aliphatic hydroxyl groups is 4. The van der Waals surface area contributed by atoms with Crippen LogP contribution in [-0.4, -0.2) is 86.0 Å². The van der Waals surface area contributed by atoms with E-state index in [9.17, 15) is 28.0 Å². The van der Waals surface area contributed by atoms with E-state index in [1.165, 1.54) is 70.3 Å². The number of hydrogen-bond donors (Lipinski definition) is 5. The molecule has 0 atom stereocenters. The molecule has 5 N–H and O–H groups in total. The molecule has 3 aromatic rings. The highest BCUT2D eigenvalue weighted by Crippen LogP contribution is 2.43. The number of anilines is 2. The van der Waals surface area contributed by atoms with Crippen LogP contribution < -0.4 is 15.2 Å². The zero-order valence-corrected chi connectivity index (χ0v) is 36.3. The Bertz CT molecular complexity index is 2240. The minimum absolute atomic E-state index is 0.0975. The van der Waals surface area contributed by atoms with Gasteiger partial charge in [0.1, 0.15) is 40.1 Å². The number of hydrogen-bond acceptors (Lipinski definition) is 11. The minimum atomic E-state index is -4.77. The molecule has 12 nitrogen and oxygen atoms in total. The Morgan fingerprint density at radius 3 is 1.92 bits per heavy atom. The van der Waals surface area contributed by atoms with Crippen molar-refractivity contribution in [3.63, 3.8) is 0 Å². The SMILES string of the molecule is CCCCCCCC.COC(=O)C(C)(CO)CO.Cc1cc(C)c(Nc2ccc3c(-c4ccccc4S(=O)(=O)[O-])c4ccc(=[N+](CCO)CCO)cc-4oc3c2)c(C)c1. The molecule has 0 saturated carbocycles. The predicted molar refractivity (Wildman–Crippen MR) is 233 cm³/mol. The van der Waals surface area contributed by atoms with Crippen LogP contribution in [0.2, 0.25) is 0 Å². The summed E-state index contributed by atoms with van der Waals surface area (Å²) < 4.78 is 49.5. The largest absolute Gasteiger partial charge is 0.744 e. The molecule has 3 aromatic carbocycles. The van der Waals surface area contributed by atoms with Crippen LogP contribution in [0.5, 0.6) is 0 Å². The highest BCUT2D eigenvalue weighted by Gasteiger charge is 2.32. The zero-order valence-electron chi connectivity index (χ0n) is 35.5. The van der Waals surface area contributed by atoms with Crippen molar-refractivity contribution in [1.29, 1.82) is 0 Å². The summed E-state index contributed by atoms with van der Waals surface area (Å²) in [6.45, 7) is 11.7. The van der Waals surface area contributed by atoms with Gasteiger partial charge in [-0.15, -0.1) is 0 Å². The molecule has 13 heteroatoms. The van der Waals surface area contributed by atoms with Crippen molar-refractivity contribution in [2.75, 3.05) is 51.9 Å². The number of esters is 1. The number of nitrogens with zero attached hydrogens (tertiary/aromatic N) is 1. The van der Waals surface area contributed by atoms with Gasteiger partial charge in [-0.3, -0.25) is 4.79 Å². The molecular formula is C46H62N2O10S. The monoisotopic (exact) mass is 834 g/mol. The lowest BCUT2D eigenvalue weighted by atomic mass is 9.93. The molecule has 1 heterocycles. The van der Waals surface area contributed by atoms with E-state index in [1.807, 2.05) is 48.8 Å². The highest BCUT2D eigenvalue weighted by atomic mass is 32.2. The van der Waals surface area contributed by atoms with E-state index in [0.29, 0.717) is 40.9 Å². The van der Waals surface area contributed by atoms with E-state index in [-0.39, 0.29) is 23.7 Å². The topological polar surface area (TPSA) is 193 Å². The number of carbonyl (C=O) groups is 1. The van der Waals surface area contributed by atoms with Crippen LogP contribution in [0.1, 0.15) is 76.0 Å². The lowest BCUT2D eigenvalue weighted by Gasteiger charge is -2.20. The summed E-state index contributed by atoms with van der Waals surface area (Å²) in [5.74, 6) is -0.138. The van der Waals surface area contributed by atoms with E-state index >= 15 is 0 Å². The summed E-state index contributed by atoms with van der Waals surface area (Å²) in [5, 5.41) is 41.2. The van der Waals surface area contributed by atoms with Gasteiger partial charge in [0.25, 0.3) is 0 Å². The Balaban J connectivity index is 0.000000430. The number of carbonyl (C=O) groups excluding carboxylic acids is 1. The van der Waals surface area contributed by atoms with Crippen LogP contribution in [0, 0.1) is 26.2 Å². The Kier molecular flexibility index (Phi) is 19.2. The fourth-order valence-electron chi connectivity index (χ4n) is 6.75. The molecule has 0 unspecified atom stereocenters. The molecule has 0 aromatic heterocycles. The van der Waals surface area contributed by atoms with Crippen LogP contribution in [-0.2, 0) is 19.6 Å². The van der Waals surface area contributed by atoms with Gasteiger partial charge >= 0.3 is 5.97 Å². The van der Waals surface area contributed by atoms with Crippen LogP contribution >= 0.6 is 0 Å². The summed E-state index contributed by atoms with van der Waals surface area (Å²) in [5.41, 5.74) is 5.96. The molecule has 0 radical (unpaired) electrons. The molecule has 322 valence electrons. The van der Waals surface area contributed by atoms with Gasteiger partial charge in [-0.05, 0) is 63.1 Å². The fourth-order valence-corrected chi connectivity index (χ4v) is 7.43. The molecule has 1 aliphatic heterocycles. The molecule has 1 aliphatic carbocycles. The molecule has 59 heavy (non-hydrogen) atoms. The molecule has 2 aliphatic rings. The Hall–Kier alpha value is -4.63. The van der Waals surface area contributed by atoms with Gasteiger partial charge in [-0.25, -0.2) is 13.0 Å². The normalized spacial score (nSPS) is 11.4. The lowest BCUT2D eigenvalue weighted by molar-refractivity contribution is -0.156. The summed E-state index contributed by atoms with van der Waals surface area (Å²) >= 11 is 0. The first-order valence-corrected chi connectivity index (χ1v) is 21.5. The van der Waals surface area contributed by atoms with Crippen molar-refractivity contribution in [2.24, 2.45) is 5.41 Å². The van der Waals surface area contributed by atoms with Crippen LogP contribution in [0.25, 0.3) is 33.4 Å². The summed E-state index contributed by atoms with van der Waals surface area (Å²) in [6.07, 6.45) is 8.49. The number of aliphatic hydroxyl groups excluding tert-OH is 4. The van der Waals surface area contributed by atoms with E-state index in [0.717, 1.165) is 27.9 Å². The first-order chi connectivity index (χ1) is 28.1. The van der Waals surface area contributed by atoms with Crippen molar-refractivity contribution in [3.8, 4) is 22.5 Å². The maximum atomic E-state index is 12.3. The van der Waals surface area contributed by atoms with Gasteiger partial charge in [0.15, 0.2) is 13.1 Å². The van der Waals surface area contributed by atoms with Gasteiger partial charge in [0.05, 0.1) is 31.3 Å². The number of unbranched alkanes of at least 4 members (excludes halogenated alkanes) is 5. The Morgan fingerprint density at radius 1 is 0.814 bits per heavy atom. The van der Waals surface area contributed by atoms with Crippen LogP contribution in [0.4, 0.5) is 11.4 Å². The minimum Gasteiger partial charge on any atom is -0.744 e. The second kappa shape index (κ2) is 23.2. The molecule has 0 amide bonds. The standard InChI is InChI=1S/C32H32N2O6S.C8H18.C6H12O4/c1-20-16-21(2)32(22(3)17-20)33-23-8-10-25-28(18-23)40-29-19-24(34(12-14-35)13-15-36)9-11-26(29)31(25)27-6-4-5-7-30(27)41(37,38)39;1-3-5-7-8-6-4-2;1-6(3-7,4-8)5(9)10-2/h4-11,16-19,35-36H,12-15H2,1-3H3,(H,37,38,39);3-8H2,1-2H3;7-8H,3-4H2,1-2H3. The number of benzene rings is 4. The zero-order chi connectivity index (χ0) is 43.8. The number of nitrogens with one attached hydrogen (secondary N) is 1. The summed E-state index contributed by atoms with van der Waals surface area (Å²) in [4.78, 5) is 10.4. The number of ether oxygens (including phenoxy) is 1. The van der Waals surface area contributed by atoms with Gasteiger partial charge in [0.2, 0.25) is 5.36 Å². The maximum Gasteiger partial charge on any atom is 0.316 e. The van der Waals surface area contributed by atoms with Crippen molar-refractivity contribution in [1.82, 2.24) is 4.58 Å². The van der Waals surface area contributed by atoms with Crippen molar-refractivity contribution in [2.45, 2.75) is 85.0 Å². The number of rotatable bonds is 16. The average molecular weight is 835 g/mol. The van der Waals surface area contributed by atoms with Gasteiger partial charge in [-0.1, -0.05) is 88.3 Å². The number of fused-ring (bicyclic) bond motifs is 2. The smallest absolute Gasteiger partial charge is 0.316 e. The van der Waals surface area contributed by atoms with Crippen LogP contribution in [0.15, 0.2) is 82.1 Å². The average Bonchev–Trinajstić information content (AvgIpc) is 3.22. The second-order valence-corrected chi connectivity index (χ2v) is 16.3. The first kappa shape index (κ1) is 48.7. The van der Waals surface area contributed by atoms with Gasteiger partial charge in [0, 0.05) is 45.6 Å². The molecule has 0 fully saturated rings. The van der Waals surface area contributed by atoms with Gasteiger partial charge < -0.3 is 39.4 Å². The molecule has 0 saturated heterocycles.